The summed E-state index contributed by atoms with van der Waals surface area (Å²) in [6.07, 6.45) is 0.388. The molecule has 0 aromatic heterocycles. The molecule has 130 valence electrons. The third kappa shape index (κ3) is 8.28. The Hall–Kier alpha value is -1.20. The summed E-state index contributed by atoms with van der Waals surface area (Å²) < 4.78 is 26.3. The molecule has 7 heteroatoms. The first-order chi connectivity index (χ1) is 10.8. The fourth-order valence-corrected chi connectivity index (χ4v) is 2.91. The van der Waals surface area contributed by atoms with Crippen molar-refractivity contribution in [3.05, 3.63) is 35.9 Å². The number of rotatable bonds is 10. The maximum absolute atomic E-state index is 11.8. The molecule has 23 heavy (non-hydrogen) atoms. The monoisotopic (exact) mass is 344 g/mol. The molecular formula is C16H25O6P. The molecular weight excluding hydrogens is 319 g/mol. The summed E-state index contributed by atoms with van der Waals surface area (Å²) in [6.45, 7) is 4.83. The van der Waals surface area contributed by atoms with E-state index in [1.54, 1.807) is 20.8 Å². The van der Waals surface area contributed by atoms with E-state index in [4.69, 9.17) is 9.26 Å². The zero-order valence-electron chi connectivity index (χ0n) is 13.8. The predicted molar refractivity (Wildman–Crippen MR) is 86.9 cm³/mol. The topological polar surface area (TPSA) is 82.1 Å². The Labute approximate surface area is 137 Å². The highest BCUT2D eigenvalue weighted by atomic mass is 31.2. The van der Waals surface area contributed by atoms with E-state index in [0.29, 0.717) is 6.42 Å². The van der Waals surface area contributed by atoms with Gasteiger partial charge in [-0.25, -0.2) is 4.57 Å². The number of carbonyl (C=O) groups is 1. The SMILES string of the molecule is CCOP(=O)(O)OC(C)C(C)OC(=O)CCCc1ccccc1. The van der Waals surface area contributed by atoms with Gasteiger partial charge in [0.25, 0.3) is 0 Å². The molecule has 0 saturated heterocycles. The highest BCUT2D eigenvalue weighted by Gasteiger charge is 2.28. The van der Waals surface area contributed by atoms with Crippen molar-refractivity contribution in [1.29, 1.82) is 0 Å². The van der Waals surface area contributed by atoms with Crippen LogP contribution in [0.1, 0.15) is 39.2 Å². The molecule has 0 heterocycles. The van der Waals surface area contributed by atoms with Gasteiger partial charge in [-0.05, 0) is 39.2 Å². The molecule has 1 aromatic carbocycles. The second-order valence-electron chi connectivity index (χ2n) is 5.23. The first-order valence-electron chi connectivity index (χ1n) is 7.73. The van der Waals surface area contributed by atoms with Crippen LogP contribution in [-0.4, -0.2) is 29.7 Å². The van der Waals surface area contributed by atoms with Crippen molar-refractivity contribution >= 4 is 13.8 Å². The Morgan fingerprint density at radius 2 is 1.87 bits per heavy atom. The van der Waals surface area contributed by atoms with Crippen molar-refractivity contribution in [3.63, 3.8) is 0 Å². The quantitative estimate of drug-likeness (QED) is 0.517. The van der Waals surface area contributed by atoms with Gasteiger partial charge in [-0.3, -0.25) is 13.8 Å². The third-order valence-corrected chi connectivity index (χ3v) is 4.44. The Bertz CT molecular complexity index is 519. The van der Waals surface area contributed by atoms with Gasteiger partial charge < -0.3 is 9.63 Å². The van der Waals surface area contributed by atoms with E-state index in [0.717, 1.165) is 6.42 Å². The van der Waals surface area contributed by atoms with Gasteiger partial charge >= 0.3 is 13.8 Å². The number of hydrogen-bond acceptors (Lipinski definition) is 5. The first-order valence-corrected chi connectivity index (χ1v) is 9.22. The normalized spacial score (nSPS) is 16.3. The van der Waals surface area contributed by atoms with Gasteiger partial charge in [-0.2, -0.15) is 0 Å². The molecule has 0 aliphatic carbocycles. The van der Waals surface area contributed by atoms with Gasteiger partial charge in [-0.15, -0.1) is 0 Å². The molecule has 0 radical (unpaired) electrons. The minimum Gasteiger partial charge on any atom is -0.460 e. The summed E-state index contributed by atoms with van der Waals surface area (Å²) in [5.41, 5.74) is 1.17. The van der Waals surface area contributed by atoms with E-state index < -0.39 is 20.0 Å². The fourth-order valence-electron chi connectivity index (χ4n) is 1.93. The average Bonchev–Trinajstić information content (AvgIpc) is 2.47. The summed E-state index contributed by atoms with van der Waals surface area (Å²) in [7, 11) is -4.10. The maximum Gasteiger partial charge on any atom is 0.472 e. The number of esters is 1. The number of carbonyl (C=O) groups excluding carboxylic acids is 1. The molecule has 6 nitrogen and oxygen atoms in total. The van der Waals surface area contributed by atoms with E-state index in [1.165, 1.54) is 5.56 Å². The maximum atomic E-state index is 11.8. The molecule has 3 atom stereocenters. The average molecular weight is 344 g/mol. The molecule has 1 aromatic rings. The number of aryl methyl sites for hydroxylation is 1. The lowest BCUT2D eigenvalue weighted by Crippen LogP contribution is -2.28. The fraction of sp³-hybridized carbons (Fsp3) is 0.562. The van der Waals surface area contributed by atoms with Crippen molar-refractivity contribution < 1.29 is 28.0 Å². The largest absolute Gasteiger partial charge is 0.472 e. The van der Waals surface area contributed by atoms with E-state index in [2.05, 4.69) is 4.52 Å². The summed E-state index contributed by atoms with van der Waals surface area (Å²) in [5, 5.41) is 0. The van der Waals surface area contributed by atoms with Gasteiger partial charge in [0.1, 0.15) is 12.2 Å². The van der Waals surface area contributed by atoms with Gasteiger partial charge in [-0.1, -0.05) is 30.3 Å². The van der Waals surface area contributed by atoms with Crippen LogP contribution in [0.5, 0.6) is 0 Å². The number of ether oxygens (including phenoxy) is 1. The minimum atomic E-state index is -4.10. The van der Waals surface area contributed by atoms with Crippen molar-refractivity contribution in [2.75, 3.05) is 6.61 Å². The lowest BCUT2D eigenvalue weighted by atomic mass is 10.1. The molecule has 0 spiro atoms. The highest BCUT2D eigenvalue weighted by Crippen LogP contribution is 2.44. The summed E-state index contributed by atoms with van der Waals surface area (Å²) in [5.74, 6) is -0.354. The second-order valence-corrected chi connectivity index (χ2v) is 6.64. The summed E-state index contributed by atoms with van der Waals surface area (Å²) >= 11 is 0. The number of benzene rings is 1. The van der Waals surface area contributed by atoms with Crippen LogP contribution in [0.4, 0.5) is 0 Å². The molecule has 0 aliphatic heterocycles. The lowest BCUT2D eigenvalue weighted by molar-refractivity contribution is -0.152. The Balaban J connectivity index is 2.31. The first kappa shape index (κ1) is 19.8. The van der Waals surface area contributed by atoms with E-state index >= 15 is 0 Å². The predicted octanol–water partition coefficient (Wildman–Crippen LogP) is 3.48. The standard InChI is InChI=1S/C16H25O6P/c1-4-20-23(18,19)22-14(3)13(2)21-16(17)12-8-11-15-9-6-5-7-10-15/h5-7,9-10,13-14H,4,8,11-12H2,1-3H3,(H,18,19). The van der Waals surface area contributed by atoms with E-state index in [1.807, 2.05) is 30.3 Å². The van der Waals surface area contributed by atoms with Crippen molar-refractivity contribution in [2.24, 2.45) is 0 Å². The molecule has 1 rings (SSSR count). The van der Waals surface area contributed by atoms with Crippen LogP contribution in [0, 0.1) is 0 Å². The van der Waals surface area contributed by atoms with Gasteiger partial charge in [0.05, 0.1) is 6.61 Å². The van der Waals surface area contributed by atoms with Crippen molar-refractivity contribution in [2.45, 2.75) is 52.2 Å². The van der Waals surface area contributed by atoms with Gasteiger partial charge in [0.2, 0.25) is 0 Å². The van der Waals surface area contributed by atoms with Crippen molar-refractivity contribution in [1.82, 2.24) is 0 Å². The van der Waals surface area contributed by atoms with Crippen LogP contribution in [0.3, 0.4) is 0 Å². The van der Waals surface area contributed by atoms with Crippen LogP contribution >= 0.6 is 7.82 Å². The molecule has 3 unspecified atom stereocenters. The Morgan fingerprint density at radius 1 is 1.22 bits per heavy atom. The molecule has 0 amide bonds. The zero-order valence-corrected chi connectivity index (χ0v) is 14.7. The molecule has 1 N–H and O–H groups in total. The molecule has 0 saturated carbocycles. The van der Waals surface area contributed by atoms with Crippen LogP contribution in [0.15, 0.2) is 30.3 Å². The molecule has 0 aliphatic rings. The minimum absolute atomic E-state index is 0.0636. The Morgan fingerprint density at radius 3 is 2.48 bits per heavy atom. The summed E-state index contributed by atoms with van der Waals surface area (Å²) in [4.78, 5) is 21.2. The number of hydrogen-bond donors (Lipinski definition) is 1. The van der Waals surface area contributed by atoms with E-state index in [-0.39, 0.29) is 19.0 Å². The Kier molecular flexibility index (Phi) is 8.48. The number of phosphoric ester groups is 1. The van der Waals surface area contributed by atoms with Crippen molar-refractivity contribution in [3.8, 4) is 0 Å². The van der Waals surface area contributed by atoms with Crippen LogP contribution < -0.4 is 0 Å². The molecule has 0 bridgehead atoms. The van der Waals surface area contributed by atoms with E-state index in [9.17, 15) is 14.3 Å². The van der Waals surface area contributed by atoms with Gasteiger partial charge in [0.15, 0.2) is 0 Å². The van der Waals surface area contributed by atoms with Crippen LogP contribution in [0.2, 0.25) is 0 Å². The molecule has 0 fully saturated rings. The van der Waals surface area contributed by atoms with Gasteiger partial charge in [0, 0.05) is 6.42 Å². The highest BCUT2D eigenvalue weighted by molar-refractivity contribution is 7.47. The third-order valence-electron chi connectivity index (χ3n) is 3.26. The zero-order chi connectivity index (χ0) is 17.3. The number of phosphoric acid groups is 1. The lowest BCUT2D eigenvalue weighted by Gasteiger charge is -2.22. The smallest absolute Gasteiger partial charge is 0.460 e. The summed E-state index contributed by atoms with van der Waals surface area (Å²) in [6, 6.07) is 9.89. The second kappa shape index (κ2) is 9.83. The van der Waals surface area contributed by atoms with Crippen LogP contribution in [-0.2, 0) is 29.6 Å². The van der Waals surface area contributed by atoms with Crippen LogP contribution in [0.25, 0.3) is 0 Å².